The van der Waals surface area contributed by atoms with Crippen LogP contribution in [-0.4, -0.2) is 77.1 Å². The zero-order valence-electron chi connectivity index (χ0n) is 17.9. The summed E-state index contributed by atoms with van der Waals surface area (Å²) in [5.41, 5.74) is 1.29. The van der Waals surface area contributed by atoms with Gasteiger partial charge in [0.15, 0.2) is 5.96 Å². The number of hydrogen-bond acceptors (Lipinski definition) is 4. The molecule has 0 spiro atoms. The summed E-state index contributed by atoms with van der Waals surface area (Å²) in [5, 5.41) is 3.54. The lowest BCUT2D eigenvalue weighted by Crippen LogP contribution is -2.47. The zero-order chi connectivity index (χ0) is 20.0. The lowest BCUT2D eigenvalue weighted by Gasteiger charge is -2.34. The summed E-state index contributed by atoms with van der Waals surface area (Å²) in [6.45, 7) is 8.78. The van der Waals surface area contributed by atoms with E-state index in [0.717, 1.165) is 77.6 Å². The van der Waals surface area contributed by atoms with Crippen molar-refractivity contribution in [3.05, 3.63) is 30.3 Å². The first-order chi connectivity index (χ1) is 13.8. The Labute approximate surface area is 170 Å². The van der Waals surface area contributed by atoms with Crippen molar-refractivity contribution in [3.8, 4) is 0 Å². The van der Waals surface area contributed by atoms with Crippen molar-refractivity contribution in [3.63, 3.8) is 0 Å². The molecule has 1 aliphatic heterocycles. The summed E-state index contributed by atoms with van der Waals surface area (Å²) >= 11 is 0. The fourth-order valence-corrected chi connectivity index (χ4v) is 3.60. The third-order valence-corrected chi connectivity index (χ3v) is 5.19. The van der Waals surface area contributed by atoms with Crippen LogP contribution in [0.2, 0.25) is 0 Å². The Morgan fingerprint density at radius 2 is 1.93 bits per heavy atom. The monoisotopic (exact) mass is 390 g/mol. The van der Waals surface area contributed by atoms with E-state index in [0.29, 0.717) is 6.10 Å². The number of para-hydroxylation sites is 1. The standard InChI is InChI=1S/C22H38N4O2/c1-4-25(20-10-6-5-7-11-20)15-8-14-24-22(23-2)26-16-12-21(13-17-26)28-19-9-18-27-3/h5-7,10-11,21H,4,8-9,12-19H2,1-3H3,(H,23,24). The number of rotatable bonds is 11. The van der Waals surface area contributed by atoms with Gasteiger partial charge >= 0.3 is 0 Å². The molecule has 2 rings (SSSR count). The Kier molecular flexibility index (Phi) is 10.8. The van der Waals surface area contributed by atoms with E-state index in [1.807, 2.05) is 7.05 Å². The fourth-order valence-electron chi connectivity index (χ4n) is 3.60. The quantitative estimate of drug-likeness (QED) is 0.358. The maximum Gasteiger partial charge on any atom is 0.193 e. The predicted molar refractivity (Wildman–Crippen MR) is 117 cm³/mol. The fraction of sp³-hybridized carbons (Fsp3) is 0.682. The van der Waals surface area contributed by atoms with Crippen molar-refractivity contribution >= 4 is 11.6 Å². The molecule has 1 aromatic carbocycles. The highest BCUT2D eigenvalue weighted by Gasteiger charge is 2.21. The number of nitrogens with one attached hydrogen (secondary N) is 1. The molecule has 1 fully saturated rings. The topological polar surface area (TPSA) is 49.3 Å². The number of aliphatic imine (C=N–C) groups is 1. The first-order valence-electron chi connectivity index (χ1n) is 10.6. The molecule has 0 unspecified atom stereocenters. The first kappa shape index (κ1) is 22.5. The second kappa shape index (κ2) is 13.4. The van der Waals surface area contributed by atoms with Crippen LogP contribution in [0.5, 0.6) is 0 Å². The van der Waals surface area contributed by atoms with Crippen LogP contribution in [0.4, 0.5) is 5.69 Å². The molecule has 6 heteroatoms. The lowest BCUT2D eigenvalue weighted by molar-refractivity contribution is 0.00991. The van der Waals surface area contributed by atoms with E-state index in [4.69, 9.17) is 9.47 Å². The molecule has 0 atom stereocenters. The van der Waals surface area contributed by atoms with Gasteiger partial charge in [-0.05, 0) is 44.7 Å². The third-order valence-electron chi connectivity index (χ3n) is 5.19. The molecule has 1 aliphatic rings. The van der Waals surface area contributed by atoms with Crippen molar-refractivity contribution < 1.29 is 9.47 Å². The molecule has 158 valence electrons. The number of hydrogen-bond donors (Lipinski definition) is 1. The molecule has 0 radical (unpaired) electrons. The summed E-state index contributed by atoms with van der Waals surface area (Å²) < 4.78 is 11.0. The molecule has 1 aromatic rings. The molecule has 28 heavy (non-hydrogen) atoms. The van der Waals surface area contributed by atoms with Crippen LogP contribution >= 0.6 is 0 Å². The summed E-state index contributed by atoms with van der Waals surface area (Å²) in [6.07, 6.45) is 4.55. The molecular formula is C22H38N4O2. The number of likely N-dealkylation sites (tertiary alicyclic amines) is 1. The Morgan fingerprint density at radius 3 is 2.57 bits per heavy atom. The summed E-state index contributed by atoms with van der Waals surface area (Å²) in [6, 6.07) is 10.6. The molecule has 1 N–H and O–H groups in total. The number of anilines is 1. The maximum atomic E-state index is 5.95. The molecule has 6 nitrogen and oxygen atoms in total. The molecular weight excluding hydrogens is 352 g/mol. The Hall–Kier alpha value is -1.79. The summed E-state index contributed by atoms with van der Waals surface area (Å²) in [4.78, 5) is 9.24. The Morgan fingerprint density at radius 1 is 1.18 bits per heavy atom. The number of methoxy groups -OCH3 is 1. The van der Waals surface area contributed by atoms with Gasteiger partial charge in [0.1, 0.15) is 0 Å². The van der Waals surface area contributed by atoms with Gasteiger partial charge < -0.3 is 24.6 Å². The third kappa shape index (κ3) is 7.68. The van der Waals surface area contributed by atoms with Crippen LogP contribution in [-0.2, 0) is 9.47 Å². The smallest absolute Gasteiger partial charge is 0.193 e. The highest BCUT2D eigenvalue weighted by Crippen LogP contribution is 2.15. The maximum absolute atomic E-state index is 5.95. The van der Waals surface area contributed by atoms with Gasteiger partial charge in [-0.2, -0.15) is 0 Å². The minimum Gasteiger partial charge on any atom is -0.385 e. The van der Waals surface area contributed by atoms with E-state index in [-0.39, 0.29) is 0 Å². The second-order valence-corrected chi connectivity index (χ2v) is 7.15. The van der Waals surface area contributed by atoms with Crippen molar-refractivity contribution in [2.45, 2.75) is 38.7 Å². The molecule has 0 bridgehead atoms. The molecule has 0 saturated carbocycles. The molecule has 0 amide bonds. The highest BCUT2D eigenvalue weighted by molar-refractivity contribution is 5.79. The van der Waals surface area contributed by atoms with E-state index < -0.39 is 0 Å². The van der Waals surface area contributed by atoms with Crippen LogP contribution in [0.3, 0.4) is 0 Å². The summed E-state index contributed by atoms with van der Waals surface area (Å²) in [7, 11) is 3.61. The van der Waals surface area contributed by atoms with Gasteiger partial charge in [-0.1, -0.05) is 18.2 Å². The number of nitrogens with zero attached hydrogens (tertiary/aromatic N) is 3. The predicted octanol–water partition coefficient (Wildman–Crippen LogP) is 3.00. The largest absolute Gasteiger partial charge is 0.385 e. The van der Waals surface area contributed by atoms with Crippen molar-refractivity contribution in [1.82, 2.24) is 10.2 Å². The minimum atomic E-state index is 0.371. The van der Waals surface area contributed by atoms with E-state index in [2.05, 4.69) is 57.4 Å². The van der Waals surface area contributed by atoms with Gasteiger partial charge in [0, 0.05) is 65.8 Å². The van der Waals surface area contributed by atoms with Crippen LogP contribution < -0.4 is 10.2 Å². The highest BCUT2D eigenvalue weighted by atomic mass is 16.5. The Bertz CT molecular complexity index is 545. The van der Waals surface area contributed by atoms with Crippen molar-refractivity contribution in [1.29, 1.82) is 0 Å². The van der Waals surface area contributed by atoms with E-state index in [1.165, 1.54) is 5.69 Å². The number of benzene rings is 1. The number of guanidine groups is 1. The van der Waals surface area contributed by atoms with Gasteiger partial charge in [0.05, 0.1) is 6.10 Å². The molecule has 1 saturated heterocycles. The van der Waals surface area contributed by atoms with Gasteiger partial charge in [-0.3, -0.25) is 4.99 Å². The lowest BCUT2D eigenvalue weighted by atomic mass is 10.1. The number of piperidine rings is 1. The normalized spacial score (nSPS) is 15.7. The van der Waals surface area contributed by atoms with E-state index in [1.54, 1.807) is 7.11 Å². The van der Waals surface area contributed by atoms with Crippen molar-refractivity contribution in [2.75, 3.05) is 65.0 Å². The van der Waals surface area contributed by atoms with Crippen molar-refractivity contribution in [2.24, 2.45) is 4.99 Å². The second-order valence-electron chi connectivity index (χ2n) is 7.15. The Balaban J connectivity index is 1.65. The van der Waals surface area contributed by atoms with E-state index in [9.17, 15) is 0 Å². The van der Waals surface area contributed by atoms with Crippen LogP contribution in [0, 0.1) is 0 Å². The minimum absolute atomic E-state index is 0.371. The van der Waals surface area contributed by atoms with Gasteiger partial charge in [-0.25, -0.2) is 0 Å². The van der Waals surface area contributed by atoms with Crippen LogP contribution in [0.15, 0.2) is 35.3 Å². The van der Waals surface area contributed by atoms with Crippen LogP contribution in [0.25, 0.3) is 0 Å². The van der Waals surface area contributed by atoms with Gasteiger partial charge in [-0.15, -0.1) is 0 Å². The van der Waals surface area contributed by atoms with E-state index >= 15 is 0 Å². The van der Waals surface area contributed by atoms with Gasteiger partial charge in [0.2, 0.25) is 0 Å². The average Bonchev–Trinajstić information content (AvgIpc) is 2.75. The zero-order valence-corrected chi connectivity index (χ0v) is 17.9. The molecule has 1 heterocycles. The SMILES string of the molecule is CCN(CCCNC(=NC)N1CCC(OCCCOC)CC1)c1ccccc1. The summed E-state index contributed by atoms with van der Waals surface area (Å²) in [5.74, 6) is 1.01. The molecule has 0 aliphatic carbocycles. The molecule has 0 aromatic heterocycles. The van der Waals surface area contributed by atoms with Crippen LogP contribution in [0.1, 0.15) is 32.6 Å². The van der Waals surface area contributed by atoms with Gasteiger partial charge in [0.25, 0.3) is 0 Å². The number of ether oxygens (including phenoxy) is 2. The first-order valence-corrected chi connectivity index (χ1v) is 10.6. The average molecular weight is 391 g/mol.